The molecule has 3 unspecified atom stereocenters. The molecule has 0 aliphatic carbocycles. The predicted octanol–water partition coefficient (Wildman–Crippen LogP) is 1.99. The molecule has 1 saturated heterocycles. The van der Waals surface area contributed by atoms with E-state index in [0.29, 0.717) is 19.3 Å². The highest BCUT2D eigenvalue weighted by Crippen LogP contribution is 2.23. The van der Waals surface area contributed by atoms with E-state index >= 15 is 0 Å². The van der Waals surface area contributed by atoms with Gasteiger partial charge in [0, 0.05) is 12.1 Å². The first-order valence-corrected chi connectivity index (χ1v) is 6.64. The summed E-state index contributed by atoms with van der Waals surface area (Å²) < 4.78 is 5.33. The van der Waals surface area contributed by atoms with Gasteiger partial charge in [-0.25, -0.2) is 0 Å². The lowest BCUT2D eigenvalue weighted by Gasteiger charge is -2.33. The zero-order chi connectivity index (χ0) is 12.8. The first-order chi connectivity index (χ1) is 8.11. The SMILES string of the molecule is CCCCC(CC)N(C)C1COCC1C(=O)O. The third-order valence-corrected chi connectivity index (χ3v) is 3.83. The second kappa shape index (κ2) is 6.97. The van der Waals surface area contributed by atoms with Crippen molar-refractivity contribution in [2.45, 2.75) is 51.6 Å². The number of carboxylic acids is 1. The predicted molar refractivity (Wildman–Crippen MR) is 67.1 cm³/mol. The number of nitrogens with zero attached hydrogens (tertiary/aromatic N) is 1. The van der Waals surface area contributed by atoms with Crippen LogP contribution in [0.3, 0.4) is 0 Å². The molecule has 0 bridgehead atoms. The number of carbonyl (C=O) groups is 1. The maximum atomic E-state index is 11.1. The molecule has 1 rings (SSSR count). The molecule has 0 radical (unpaired) electrons. The fourth-order valence-electron chi connectivity index (χ4n) is 2.59. The molecule has 1 N–H and O–H groups in total. The van der Waals surface area contributed by atoms with Crippen molar-refractivity contribution in [3.63, 3.8) is 0 Å². The smallest absolute Gasteiger partial charge is 0.310 e. The van der Waals surface area contributed by atoms with E-state index in [0.717, 1.165) is 12.8 Å². The van der Waals surface area contributed by atoms with E-state index < -0.39 is 5.97 Å². The van der Waals surface area contributed by atoms with Gasteiger partial charge in [-0.05, 0) is 19.9 Å². The minimum Gasteiger partial charge on any atom is -0.481 e. The van der Waals surface area contributed by atoms with Crippen LogP contribution in [0, 0.1) is 5.92 Å². The molecule has 1 fully saturated rings. The molecule has 0 amide bonds. The second-order valence-corrected chi connectivity index (χ2v) is 4.92. The Balaban J connectivity index is 2.59. The van der Waals surface area contributed by atoms with Gasteiger partial charge in [-0.15, -0.1) is 0 Å². The third-order valence-electron chi connectivity index (χ3n) is 3.83. The summed E-state index contributed by atoms with van der Waals surface area (Å²) in [4.78, 5) is 13.4. The Morgan fingerprint density at radius 2 is 2.18 bits per heavy atom. The van der Waals surface area contributed by atoms with E-state index in [-0.39, 0.29) is 12.0 Å². The van der Waals surface area contributed by atoms with Gasteiger partial charge in [0.25, 0.3) is 0 Å². The second-order valence-electron chi connectivity index (χ2n) is 4.92. The number of carboxylic acid groups (broad SMARTS) is 1. The van der Waals surface area contributed by atoms with Crippen molar-refractivity contribution in [1.29, 1.82) is 0 Å². The van der Waals surface area contributed by atoms with Gasteiger partial charge < -0.3 is 9.84 Å². The van der Waals surface area contributed by atoms with Crippen LogP contribution in [-0.4, -0.2) is 48.3 Å². The molecule has 4 heteroatoms. The Morgan fingerprint density at radius 3 is 2.71 bits per heavy atom. The van der Waals surface area contributed by atoms with Crippen LogP contribution in [0.4, 0.5) is 0 Å². The number of hydrogen-bond acceptors (Lipinski definition) is 3. The molecule has 4 nitrogen and oxygen atoms in total. The molecule has 0 aromatic heterocycles. The van der Waals surface area contributed by atoms with Crippen LogP contribution in [-0.2, 0) is 9.53 Å². The Hall–Kier alpha value is -0.610. The summed E-state index contributed by atoms with van der Waals surface area (Å²) in [7, 11) is 2.04. The van der Waals surface area contributed by atoms with Crippen molar-refractivity contribution in [1.82, 2.24) is 4.90 Å². The van der Waals surface area contributed by atoms with E-state index in [1.165, 1.54) is 12.8 Å². The molecule has 0 saturated carbocycles. The monoisotopic (exact) mass is 243 g/mol. The standard InChI is InChI=1S/C13H25NO3/c1-4-6-7-10(5-2)14(3)12-9-17-8-11(12)13(15)16/h10-12H,4-9H2,1-3H3,(H,15,16). The fourth-order valence-corrected chi connectivity index (χ4v) is 2.59. The lowest BCUT2D eigenvalue weighted by Crippen LogP contribution is -2.46. The van der Waals surface area contributed by atoms with E-state index in [2.05, 4.69) is 18.7 Å². The Morgan fingerprint density at radius 1 is 1.47 bits per heavy atom. The van der Waals surface area contributed by atoms with Crippen molar-refractivity contribution in [3.8, 4) is 0 Å². The maximum absolute atomic E-state index is 11.1. The van der Waals surface area contributed by atoms with E-state index in [4.69, 9.17) is 9.84 Å². The van der Waals surface area contributed by atoms with Gasteiger partial charge in [0.1, 0.15) is 0 Å². The number of rotatable bonds is 7. The van der Waals surface area contributed by atoms with Gasteiger partial charge >= 0.3 is 5.97 Å². The van der Waals surface area contributed by atoms with Crippen molar-refractivity contribution in [3.05, 3.63) is 0 Å². The molecule has 17 heavy (non-hydrogen) atoms. The van der Waals surface area contributed by atoms with Crippen LogP contribution in [0.5, 0.6) is 0 Å². The summed E-state index contributed by atoms with van der Waals surface area (Å²) in [6, 6.07) is 0.512. The summed E-state index contributed by atoms with van der Waals surface area (Å²) >= 11 is 0. The molecule has 0 spiro atoms. The molecule has 100 valence electrons. The first-order valence-electron chi connectivity index (χ1n) is 6.64. The van der Waals surface area contributed by atoms with Crippen LogP contribution >= 0.6 is 0 Å². The van der Waals surface area contributed by atoms with Gasteiger partial charge in [-0.3, -0.25) is 9.69 Å². The van der Waals surface area contributed by atoms with Gasteiger partial charge in [0.2, 0.25) is 0 Å². The maximum Gasteiger partial charge on any atom is 0.310 e. The molecule has 1 heterocycles. The molecule has 3 atom stereocenters. The summed E-state index contributed by atoms with van der Waals surface area (Å²) in [5, 5.41) is 9.16. The number of hydrogen-bond donors (Lipinski definition) is 1. The Labute approximate surface area is 104 Å². The first kappa shape index (κ1) is 14.5. The third kappa shape index (κ3) is 3.68. The van der Waals surface area contributed by atoms with Crippen molar-refractivity contribution in [2.24, 2.45) is 5.92 Å². The van der Waals surface area contributed by atoms with E-state index in [1.54, 1.807) is 0 Å². The Bertz CT molecular complexity index is 245. The minimum atomic E-state index is -0.732. The average Bonchev–Trinajstić information content (AvgIpc) is 2.78. The summed E-state index contributed by atoms with van der Waals surface area (Å²) in [5.41, 5.74) is 0. The molecule has 1 aliphatic heterocycles. The summed E-state index contributed by atoms with van der Waals surface area (Å²) in [6.07, 6.45) is 4.60. The zero-order valence-electron chi connectivity index (χ0n) is 11.2. The number of likely N-dealkylation sites (N-methyl/N-ethyl adjacent to an activating group) is 1. The average molecular weight is 243 g/mol. The minimum absolute atomic E-state index is 0.0364. The number of aliphatic carboxylic acids is 1. The lowest BCUT2D eigenvalue weighted by molar-refractivity contribution is -0.143. The van der Waals surface area contributed by atoms with Crippen LogP contribution in [0.1, 0.15) is 39.5 Å². The molecular formula is C13H25NO3. The topological polar surface area (TPSA) is 49.8 Å². The zero-order valence-corrected chi connectivity index (χ0v) is 11.2. The molecular weight excluding hydrogens is 218 g/mol. The number of ether oxygens (including phenoxy) is 1. The van der Waals surface area contributed by atoms with Crippen molar-refractivity contribution < 1.29 is 14.6 Å². The lowest BCUT2D eigenvalue weighted by atomic mass is 9.98. The Kier molecular flexibility index (Phi) is 5.92. The number of unbranched alkanes of at least 4 members (excludes halogenated alkanes) is 1. The molecule has 1 aliphatic rings. The van der Waals surface area contributed by atoms with Crippen LogP contribution in [0.25, 0.3) is 0 Å². The van der Waals surface area contributed by atoms with Gasteiger partial charge in [0.15, 0.2) is 0 Å². The highest BCUT2D eigenvalue weighted by atomic mass is 16.5. The van der Waals surface area contributed by atoms with Gasteiger partial charge in [-0.2, -0.15) is 0 Å². The van der Waals surface area contributed by atoms with E-state index in [9.17, 15) is 4.79 Å². The largest absolute Gasteiger partial charge is 0.481 e. The van der Waals surface area contributed by atoms with Crippen molar-refractivity contribution >= 4 is 5.97 Å². The van der Waals surface area contributed by atoms with Gasteiger partial charge in [0.05, 0.1) is 19.1 Å². The highest BCUT2D eigenvalue weighted by molar-refractivity contribution is 5.71. The highest BCUT2D eigenvalue weighted by Gasteiger charge is 2.38. The fraction of sp³-hybridized carbons (Fsp3) is 0.923. The van der Waals surface area contributed by atoms with E-state index in [1.807, 2.05) is 7.05 Å². The van der Waals surface area contributed by atoms with Gasteiger partial charge in [-0.1, -0.05) is 26.7 Å². The van der Waals surface area contributed by atoms with Crippen molar-refractivity contribution in [2.75, 3.05) is 20.3 Å². The van der Waals surface area contributed by atoms with Crippen LogP contribution in [0.15, 0.2) is 0 Å². The van der Waals surface area contributed by atoms with Crippen LogP contribution in [0.2, 0.25) is 0 Å². The normalized spacial score (nSPS) is 26.4. The quantitative estimate of drug-likeness (QED) is 0.743. The van der Waals surface area contributed by atoms with Crippen LogP contribution < -0.4 is 0 Å². The summed E-state index contributed by atoms with van der Waals surface area (Å²) in [5.74, 6) is -1.10. The summed E-state index contributed by atoms with van der Waals surface area (Å²) in [6.45, 7) is 5.26. The molecule has 0 aromatic rings. The molecule has 0 aromatic carbocycles.